The summed E-state index contributed by atoms with van der Waals surface area (Å²) in [5, 5.41) is 13.3. The van der Waals surface area contributed by atoms with Gasteiger partial charge in [-0.2, -0.15) is 0 Å². The lowest BCUT2D eigenvalue weighted by molar-refractivity contribution is -0.161. The number of esters is 1. The van der Waals surface area contributed by atoms with Crippen LogP contribution in [0, 0.1) is 17.8 Å². The average molecular weight is 608 g/mol. The maximum atomic E-state index is 14.6. The van der Waals surface area contributed by atoms with Crippen molar-refractivity contribution >= 4 is 23.7 Å². The first-order valence-electron chi connectivity index (χ1n) is 16.0. The Morgan fingerprint density at radius 1 is 1.07 bits per heavy atom. The fraction of sp³-hybridized carbons (Fsp3) is 0.588. The van der Waals surface area contributed by atoms with Gasteiger partial charge in [0.2, 0.25) is 17.7 Å². The van der Waals surface area contributed by atoms with Crippen LogP contribution in [-0.2, 0) is 28.7 Å². The minimum Gasteiger partial charge on any atom is -0.455 e. The van der Waals surface area contributed by atoms with E-state index >= 15 is 0 Å². The highest BCUT2D eigenvalue weighted by Gasteiger charge is 2.72. The van der Waals surface area contributed by atoms with E-state index < -0.39 is 53.6 Å². The number of cyclic esters (lactones) is 1. The highest BCUT2D eigenvalue weighted by molar-refractivity contribution is 5.99. The molecule has 3 amide bonds. The first-order chi connectivity index (χ1) is 21.2. The third-order valence-electron chi connectivity index (χ3n) is 9.41. The Hall–Kier alpha value is -3.50. The largest absolute Gasteiger partial charge is 0.455 e. The summed E-state index contributed by atoms with van der Waals surface area (Å²) in [6.45, 7) is 6.56. The van der Waals surface area contributed by atoms with Crippen LogP contribution in [0.25, 0.3) is 0 Å². The molecule has 0 unspecified atom stereocenters. The van der Waals surface area contributed by atoms with Crippen molar-refractivity contribution in [3.8, 4) is 0 Å². The lowest BCUT2D eigenvalue weighted by atomic mass is 9.77. The Bertz CT molecular complexity index is 1280. The first-order valence-corrected chi connectivity index (χ1v) is 16.0. The summed E-state index contributed by atoms with van der Waals surface area (Å²) in [5.74, 6) is -3.66. The predicted octanol–water partition coefficient (Wildman–Crippen LogP) is 2.92. The summed E-state index contributed by atoms with van der Waals surface area (Å²) in [7, 11) is 0. The van der Waals surface area contributed by atoms with Crippen molar-refractivity contribution in [1.82, 2.24) is 15.1 Å². The first kappa shape index (κ1) is 31.9. The third-order valence-corrected chi connectivity index (χ3v) is 9.41. The Kier molecular flexibility index (Phi) is 9.90. The molecule has 0 bridgehead atoms. The van der Waals surface area contributed by atoms with Crippen LogP contribution >= 0.6 is 0 Å². The summed E-state index contributed by atoms with van der Waals surface area (Å²) >= 11 is 0. The SMILES string of the molecule is CCCCCN1CC=C[C@@]23O[C@H]4/C=C\CCC(=O)NC[C@H](c5ccccc5)OC(=O)[C@H]4[C@@H]2C(=O)N([C@@H](CO)C(C)C)[C@H]3C1=O. The van der Waals surface area contributed by atoms with Crippen LogP contribution in [0.5, 0.6) is 0 Å². The molecular formula is C34H45N3O7. The molecule has 1 spiro atoms. The Morgan fingerprint density at radius 3 is 2.55 bits per heavy atom. The van der Waals surface area contributed by atoms with Crippen molar-refractivity contribution in [1.29, 1.82) is 0 Å². The second kappa shape index (κ2) is 13.6. The number of aliphatic hydroxyl groups excluding tert-OH is 1. The molecule has 1 aromatic rings. The van der Waals surface area contributed by atoms with E-state index in [1.807, 2.05) is 50.3 Å². The lowest BCUT2D eigenvalue weighted by Gasteiger charge is -2.39. The van der Waals surface area contributed by atoms with E-state index in [4.69, 9.17) is 9.47 Å². The second-order valence-corrected chi connectivity index (χ2v) is 12.6. The van der Waals surface area contributed by atoms with Gasteiger partial charge in [-0.3, -0.25) is 19.2 Å². The lowest BCUT2D eigenvalue weighted by Crippen LogP contribution is -2.59. The fourth-order valence-electron chi connectivity index (χ4n) is 7.12. The van der Waals surface area contributed by atoms with Gasteiger partial charge in [0.25, 0.3) is 0 Å². The number of ether oxygens (including phenoxy) is 2. The Labute approximate surface area is 259 Å². The molecule has 238 valence electrons. The molecule has 2 N–H and O–H groups in total. The van der Waals surface area contributed by atoms with Crippen LogP contribution in [-0.4, -0.2) is 88.6 Å². The zero-order valence-electron chi connectivity index (χ0n) is 25.9. The molecule has 0 radical (unpaired) electrons. The molecule has 1 aromatic carbocycles. The second-order valence-electron chi connectivity index (χ2n) is 12.6. The van der Waals surface area contributed by atoms with E-state index in [9.17, 15) is 24.3 Å². The zero-order chi connectivity index (χ0) is 31.4. The van der Waals surface area contributed by atoms with Gasteiger partial charge in [0.15, 0.2) is 0 Å². The van der Waals surface area contributed by atoms with Gasteiger partial charge in [-0.25, -0.2) is 0 Å². The molecule has 10 heteroatoms. The number of unbranched alkanes of at least 4 members (excludes halogenated alkanes) is 2. The van der Waals surface area contributed by atoms with Crippen LogP contribution in [0.1, 0.15) is 64.5 Å². The molecule has 2 fully saturated rings. The minimum atomic E-state index is -1.43. The van der Waals surface area contributed by atoms with Gasteiger partial charge in [-0.15, -0.1) is 0 Å². The maximum absolute atomic E-state index is 14.6. The van der Waals surface area contributed by atoms with Gasteiger partial charge in [-0.05, 0) is 24.3 Å². The number of hydrogen-bond donors (Lipinski definition) is 2. The van der Waals surface area contributed by atoms with Gasteiger partial charge in [-0.1, -0.05) is 88.2 Å². The number of nitrogens with zero attached hydrogens (tertiary/aromatic N) is 2. The van der Waals surface area contributed by atoms with E-state index in [-0.39, 0.29) is 37.3 Å². The summed E-state index contributed by atoms with van der Waals surface area (Å²) in [6, 6.07) is 7.48. The molecule has 5 rings (SSSR count). The zero-order valence-corrected chi connectivity index (χ0v) is 25.9. The molecule has 2 saturated heterocycles. The summed E-state index contributed by atoms with van der Waals surface area (Å²) in [6.07, 6.45) is 9.03. The number of aliphatic hydroxyl groups is 1. The van der Waals surface area contributed by atoms with E-state index in [1.165, 1.54) is 4.90 Å². The van der Waals surface area contributed by atoms with E-state index in [0.717, 1.165) is 19.3 Å². The number of likely N-dealkylation sites (tertiary alicyclic amines) is 1. The Morgan fingerprint density at radius 2 is 1.84 bits per heavy atom. The quantitative estimate of drug-likeness (QED) is 0.265. The van der Waals surface area contributed by atoms with Crippen LogP contribution < -0.4 is 5.32 Å². The molecule has 7 atom stereocenters. The summed E-state index contributed by atoms with van der Waals surface area (Å²) in [4.78, 5) is 59.0. The van der Waals surface area contributed by atoms with E-state index in [2.05, 4.69) is 12.2 Å². The van der Waals surface area contributed by atoms with Crippen LogP contribution in [0.3, 0.4) is 0 Å². The number of hydrogen-bond acceptors (Lipinski definition) is 7. The van der Waals surface area contributed by atoms with E-state index in [1.54, 1.807) is 23.1 Å². The van der Waals surface area contributed by atoms with Crippen molar-refractivity contribution in [3.63, 3.8) is 0 Å². The number of amides is 3. The van der Waals surface area contributed by atoms with Crippen molar-refractivity contribution in [2.24, 2.45) is 17.8 Å². The highest BCUT2D eigenvalue weighted by atomic mass is 16.6. The van der Waals surface area contributed by atoms with Crippen molar-refractivity contribution < 1.29 is 33.8 Å². The minimum absolute atomic E-state index is 0.0834. The van der Waals surface area contributed by atoms with Gasteiger partial charge >= 0.3 is 5.97 Å². The number of nitrogens with one attached hydrogen (secondary N) is 1. The number of benzene rings is 1. The molecular weight excluding hydrogens is 562 g/mol. The predicted molar refractivity (Wildman–Crippen MR) is 163 cm³/mol. The van der Waals surface area contributed by atoms with Gasteiger partial charge < -0.3 is 29.7 Å². The monoisotopic (exact) mass is 607 g/mol. The molecule has 4 heterocycles. The van der Waals surface area contributed by atoms with Crippen molar-refractivity contribution in [2.45, 2.75) is 82.8 Å². The molecule has 10 nitrogen and oxygen atoms in total. The summed E-state index contributed by atoms with van der Waals surface area (Å²) in [5.41, 5.74) is -0.714. The highest BCUT2D eigenvalue weighted by Crippen LogP contribution is 2.54. The van der Waals surface area contributed by atoms with Gasteiger partial charge in [0, 0.05) is 19.5 Å². The number of fused-ring (bicyclic) bond motifs is 2. The molecule has 4 aliphatic heterocycles. The smallest absolute Gasteiger partial charge is 0.313 e. The van der Waals surface area contributed by atoms with Crippen LogP contribution in [0.4, 0.5) is 0 Å². The van der Waals surface area contributed by atoms with Gasteiger partial charge in [0.1, 0.15) is 23.7 Å². The third kappa shape index (κ3) is 5.94. The standard InChI is InChI=1S/C34H45N3O7/c1-4-5-11-18-36-19-12-17-34-29(31(40)37(30(34)32(36)41)24(21-38)22(2)3)28-25(44-34)15-9-10-16-27(39)35-20-26(43-33(28)42)23-13-7-6-8-14-23/h6-9,12-15,17,22,24-26,28-30,38H,4-5,10-11,16,18-21H2,1-3H3,(H,35,39)/b15-9-/t24-,25-,26+,28+,29+,30-,34+/m0/s1. The molecule has 4 aliphatic rings. The topological polar surface area (TPSA) is 125 Å². The average Bonchev–Trinajstić information content (AvgIpc) is 3.40. The van der Waals surface area contributed by atoms with Gasteiger partial charge in [0.05, 0.1) is 31.2 Å². The number of allylic oxidation sites excluding steroid dienone is 1. The molecule has 44 heavy (non-hydrogen) atoms. The van der Waals surface area contributed by atoms with Crippen LogP contribution in [0.2, 0.25) is 0 Å². The van der Waals surface area contributed by atoms with E-state index in [0.29, 0.717) is 25.1 Å². The van der Waals surface area contributed by atoms with Crippen molar-refractivity contribution in [2.75, 3.05) is 26.2 Å². The molecule has 0 aliphatic carbocycles. The maximum Gasteiger partial charge on any atom is 0.313 e. The number of carbonyl (C=O) groups is 4. The Balaban J connectivity index is 1.59. The summed E-state index contributed by atoms with van der Waals surface area (Å²) < 4.78 is 12.9. The number of rotatable bonds is 8. The van der Waals surface area contributed by atoms with Crippen molar-refractivity contribution in [3.05, 3.63) is 60.2 Å². The fourth-order valence-corrected chi connectivity index (χ4v) is 7.12. The number of carbonyl (C=O) groups excluding carboxylic acids is 4. The molecule has 0 saturated carbocycles. The molecule has 0 aromatic heterocycles. The van der Waals surface area contributed by atoms with Crippen LogP contribution in [0.15, 0.2) is 54.6 Å². The normalized spacial score (nSPS) is 32.2.